The maximum Gasteiger partial charge on any atom is 0.374 e. The van der Waals surface area contributed by atoms with Gasteiger partial charge in [-0.3, -0.25) is 19.2 Å². The number of nitrogens with two attached hydrogens (primary N) is 2. The lowest BCUT2D eigenvalue weighted by atomic mass is 10.6. The van der Waals surface area contributed by atoms with Crippen LogP contribution in [0.1, 0.15) is 4.79 Å². The number of carbonyl (C=O) groups is 4. The fourth-order valence-electron chi connectivity index (χ4n) is 0.883. The first-order chi connectivity index (χ1) is 8.25. The Morgan fingerprint density at radius 1 is 1.06 bits per heavy atom. The average molecular weight is 258 g/mol. The predicted molar refractivity (Wildman–Crippen MR) is 52.7 cm³/mol. The Morgan fingerprint density at radius 3 is 2.06 bits per heavy atom. The highest BCUT2D eigenvalue weighted by atomic mass is 16.2. The summed E-state index contributed by atoms with van der Waals surface area (Å²) in [5.74, 6) is -5.96. The number of aromatic amines is 1. The van der Waals surface area contributed by atoms with Gasteiger partial charge in [-0.15, -0.1) is 4.68 Å². The van der Waals surface area contributed by atoms with Gasteiger partial charge in [0, 0.05) is 0 Å². The standard InChI is InChI=1S/C6H6N6O6/c7-1(13)3(15)9-12-5(17)10-11(6(12)18)4(16)2(8)14/h(H2,7,13)(H2,8,14)(H,9,15)(H,10,17). The van der Waals surface area contributed by atoms with Crippen molar-refractivity contribution in [2.45, 2.75) is 0 Å². The number of H-pyrrole nitrogens is 1. The van der Waals surface area contributed by atoms with Crippen molar-refractivity contribution < 1.29 is 19.2 Å². The molecule has 0 aliphatic heterocycles. The zero-order valence-electron chi connectivity index (χ0n) is 8.50. The van der Waals surface area contributed by atoms with Gasteiger partial charge < -0.3 is 11.5 Å². The van der Waals surface area contributed by atoms with Crippen LogP contribution in [-0.4, -0.2) is 38.1 Å². The molecule has 0 fully saturated rings. The molecule has 0 aliphatic rings. The second-order valence-electron chi connectivity index (χ2n) is 2.84. The third-order valence-corrected chi connectivity index (χ3v) is 1.64. The Bertz CT molecular complexity index is 661. The van der Waals surface area contributed by atoms with Crippen molar-refractivity contribution in [3.05, 3.63) is 21.0 Å². The Hall–Kier alpha value is -3.18. The molecule has 0 atom stereocenters. The minimum absolute atomic E-state index is 0.0199. The Balaban J connectivity index is 3.26. The normalized spacial score (nSPS) is 9.78. The number of hydrogen-bond acceptors (Lipinski definition) is 6. The van der Waals surface area contributed by atoms with Crippen LogP contribution in [0.25, 0.3) is 0 Å². The molecule has 96 valence electrons. The van der Waals surface area contributed by atoms with E-state index in [0.29, 0.717) is 0 Å². The van der Waals surface area contributed by atoms with Crippen molar-refractivity contribution in [2.75, 3.05) is 5.43 Å². The van der Waals surface area contributed by atoms with Gasteiger partial charge in [-0.25, -0.2) is 20.1 Å². The summed E-state index contributed by atoms with van der Waals surface area (Å²) in [6.45, 7) is 0. The fraction of sp³-hybridized carbons (Fsp3) is 0. The third kappa shape index (κ3) is 2.16. The topological polar surface area (TPSA) is 192 Å². The fourth-order valence-corrected chi connectivity index (χ4v) is 0.883. The summed E-state index contributed by atoms with van der Waals surface area (Å²) >= 11 is 0. The van der Waals surface area contributed by atoms with E-state index in [1.54, 1.807) is 5.10 Å². The SMILES string of the molecule is NC(=O)C(=O)Nn1c(=O)[nH]n(C(=O)C(N)=O)c1=O. The highest BCUT2D eigenvalue weighted by molar-refractivity contribution is 6.37. The van der Waals surface area contributed by atoms with Crippen LogP contribution in [0.3, 0.4) is 0 Å². The molecule has 1 aromatic rings. The number of hydrogen-bond donors (Lipinski definition) is 4. The van der Waals surface area contributed by atoms with Gasteiger partial charge in [-0.1, -0.05) is 0 Å². The van der Waals surface area contributed by atoms with Crippen LogP contribution in [0.5, 0.6) is 0 Å². The minimum atomic E-state index is -1.52. The molecule has 0 saturated carbocycles. The Labute approximate surface area is 96.1 Å². The number of amides is 3. The van der Waals surface area contributed by atoms with Gasteiger partial charge in [0.1, 0.15) is 0 Å². The summed E-state index contributed by atoms with van der Waals surface area (Å²) in [6, 6.07) is 0. The van der Waals surface area contributed by atoms with Gasteiger partial charge in [-0.2, -0.15) is 4.68 Å². The molecule has 18 heavy (non-hydrogen) atoms. The molecular weight excluding hydrogens is 252 g/mol. The van der Waals surface area contributed by atoms with E-state index in [0.717, 1.165) is 0 Å². The summed E-state index contributed by atoms with van der Waals surface area (Å²) in [5, 5.41) is 1.63. The van der Waals surface area contributed by atoms with E-state index in [1.807, 2.05) is 0 Å². The van der Waals surface area contributed by atoms with Gasteiger partial charge in [-0.05, 0) is 0 Å². The van der Waals surface area contributed by atoms with Crippen molar-refractivity contribution in [1.29, 1.82) is 0 Å². The average Bonchev–Trinajstić information content (AvgIpc) is 2.55. The van der Waals surface area contributed by atoms with Gasteiger partial charge in [0.2, 0.25) is 0 Å². The quantitative estimate of drug-likeness (QED) is 0.364. The Morgan fingerprint density at radius 2 is 1.61 bits per heavy atom. The summed E-state index contributed by atoms with van der Waals surface area (Å²) in [4.78, 5) is 65.4. The number of aromatic nitrogens is 3. The van der Waals surface area contributed by atoms with Crippen molar-refractivity contribution >= 4 is 23.6 Å². The van der Waals surface area contributed by atoms with Crippen LogP contribution in [0, 0.1) is 0 Å². The van der Waals surface area contributed by atoms with E-state index in [2.05, 4.69) is 11.5 Å². The van der Waals surface area contributed by atoms with Gasteiger partial charge in [0.15, 0.2) is 0 Å². The third-order valence-electron chi connectivity index (χ3n) is 1.64. The molecule has 6 N–H and O–H groups in total. The highest BCUT2D eigenvalue weighted by Crippen LogP contribution is 1.73. The van der Waals surface area contributed by atoms with Gasteiger partial charge >= 0.3 is 35.0 Å². The summed E-state index contributed by atoms with van der Waals surface area (Å²) in [6.07, 6.45) is 0. The van der Waals surface area contributed by atoms with Gasteiger partial charge in [0.25, 0.3) is 0 Å². The summed E-state index contributed by atoms with van der Waals surface area (Å²) in [7, 11) is 0. The lowest BCUT2D eigenvalue weighted by Gasteiger charge is -1.98. The van der Waals surface area contributed by atoms with E-state index >= 15 is 0 Å². The largest absolute Gasteiger partial charge is 0.374 e. The molecule has 0 bridgehead atoms. The summed E-state index contributed by atoms with van der Waals surface area (Å²) < 4.78 is -0.0557. The first-order valence-corrected chi connectivity index (χ1v) is 4.14. The molecule has 0 unspecified atom stereocenters. The van der Waals surface area contributed by atoms with E-state index in [-0.39, 0.29) is 9.36 Å². The van der Waals surface area contributed by atoms with Crippen LogP contribution in [0.4, 0.5) is 0 Å². The predicted octanol–water partition coefficient (Wildman–Crippen LogP) is -4.98. The maximum atomic E-state index is 11.4. The van der Waals surface area contributed by atoms with Crippen LogP contribution in [-0.2, 0) is 14.4 Å². The zero-order valence-corrected chi connectivity index (χ0v) is 8.50. The van der Waals surface area contributed by atoms with Crippen LogP contribution >= 0.6 is 0 Å². The summed E-state index contributed by atoms with van der Waals surface area (Å²) in [5.41, 5.74) is 8.00. The number of rotatable bonds is 1. The van der Waals surface area contributed by atoms with Crippen LogP contribution < -0.4 is 28.3 Å². The van der Waals surface area contributed by atoms with Crippen molar-refractivity contribution in [2.24, 2.45) is 11.5 Å². The van der Waals surface area contributed by atoms with Crippen molar-refractivity contribution in [3.63, 3.8) is 0 Å². The molecule has 1 heterocycles. The molecular formula is C6H6N6O6. The molecule has 0 aromatic carbocycles. The molecule has 0 radical (unpaired) electrons. The first-order valence-electron chi connectivity index (χ1n) is 4.14. The van der Waals surface area contributed by atoms with Crippen molar-refractivity contribution in [3.8, 4) is 0 Å². The second-order valence-corrected chi connectivity index (χ2v) is 2.84. The lowest BCUT2D eigenvalue weighted by Crippen LogP contribution is -2.45. The molecule has 1 aromatic heterocycles. The van der Waals surface area contributed by atoms with Crippen molar-refractivity contribution in [1.82, 2.24) is 14.5 Å². The number of nitrogens with one attached hydrogen (secondary N) is 2. The zero-order chi connectivity index (χ0) is 14.0. The van der Waals surface area contributed by atoms with E-state index < -0.39 is 35.0 Å². The minimum Gasteiger partial charge on any atom is -0.361 e. The molecule has 3 amide bonds. The van der Waals surface area contributed by atoms with Crippen LogP contribution in [0.2, 0.25) is 0 Å². The van der Waals surface area contributed by atoms with E-state index in [1.165, 1.54) is 5.43 Å². The molecule has 0 saturated heterocycles. The van der Waals surface area contributed by atoms with Gasteiger partial charge in [0.05, 0.1) is 0 Å². The highest BCUT2D eigenvalue weighted by Gasteiger charge is 2.21. The molecule has 1 rings (SSSR count). The Kier molecular flexibility index (Phi) is 3.12. The van der Waals surface area contributed by atoms with E-state index in [4.69, 9.17) is 0 Å². The first kappa shape index (κ1) is 12.9. The number of nitrogens with zero attached hydrogens (tertiary/aromatic N) is 2. The smallest absolute Gasteiger partial charge is 0.361 e. The number of primary amides is 2. The molecule has 12 heteroatoms. The number of carbonyl (C=O) groups excluding carboxylic acids is 4. The van der Waals surface area contributed by atoms with E-state index in [9.17, 15) is 28.8 Å². The van der Waals surface area contributed by atoms with Crippen LogP contribution in [0.15, 0.2) is 9.59 Å². The lowest BCUT2D eigenvalue weighted by molar-refractivity contribution is -0.134. The molecule has 0 spiro atoms. The maximum absolute atomic E-state index is 11.4. The molecule has 12 nitrogen and oxygen atoms in total. The second kappa shape index (κ2) is 4.36. The molecule has 0 aliphatic carbocycles. The monoisotopic (exact) mass is 258 g/mol.